The number of benzene rings is 7. The van der Waals surface area contributed by atoms with Crippen LogP contribution in [0.3, 0.4) is 0 Å². The molecule has 7 aromatic carbocycles. The maximum absolute atomic E-state index is 10.5. The molecule has 2 aliphatic rings. The first-order valence-electron chi connectivity index (χ1n) is 18.7. The highest BCUT2D eigenvalue weighted by Crippen LogP contribution is 2.63. The lowest BCUT2D eigenvalue weighted by atomic mass is 9.64. The number of hydrogen-bond acceptors (Lipinski definition) is 5. The van der Waals surface area contributed by atoms with Gasteiger partial charge in [-0.2, -0.15) is 15.8 Å². The van der Waals surface area contributed by atoms with Gasteiger partial charge in [0.2, 0.25) is 0 Å². The Kier molecular flexibility index (Phi) is 6.86. The van der Waals surface area contributed by atoms with Crippen LogP contribution in [0, 0.1) is 34.0 Å². The second kappa shape index (κ2) is 12.1. The fourth-order valence-corrected chi connectivity index (χ4v) is 9.63. The molecule has 11 rings (SSSR count). The number of nitriles is 3. The molecule has 0 saturated carbocycles. The molecule has 1 spiro atoms. The molecule has 6 heteroatoms. The van der Waals surface area contributed by atoms with E-state index in [0.29, 0.717) is 11.1 Å². The molecule has 3 heterocycles. The average molecular weight is 725 g/mol. The molecule has 1 aliphatic heterocycles. The molecule has 0 N–H and O–H groups in total. The largest absolute Gasteiger partial charge is 0.310 e. The van der Waals surface area contributed by atoms with Crippen molar-refractivity contribution in [2.45, 2.75) is 5.41 Å². The summed E-state index contributed by atoms with van der Waals surface area (Å²) in [6.07, 6.45) is 3.70. The van der Waals surface area contributed by atoms with E-state index < -0.39 is 5.41 Å². The Balaban J connectivity index is 1.26. The van der Waals surface area contributed by atoms with E-state index in [-0.39, 0.29) is 16.7 Å². The summed E-state index contributed by atoms with van der Waals surface area (Å²) in [5.41, 5.74) is 14.4. The van der Waals surface area contributed by atoms with Gasteiger partial charge >= 0.3 is 0 Å². The van der Waals surface area contributed by atoms with Crippen molar-refractivity contribution in [3.63, 3.8) is 0 Å². The predicted molar refractivity (Wildman–Crippen MR) is 224 cm³/mol. The Hall–Kier alpha value is -8.24. The monoisotopic (exact) mass is 724 g/mol. The van der Waals surface area contributed by atoms with Gasteiger partial charge in [-0.15, -0.1) is 0 Å². The topological polar surface area (TPSA) is 92.4 Å². The second-order valence-corrected chi connectivity index (χ2v) is 14.5. The maximum Gasteiger partial charge on any atom is 0.0999 e. The van der Waals surface area contributed by atoms with Crippen molar-refractivity contribution in [1.29, 1.82) is 15.8 Å². The Morgan fingerprint density at radius 2 is 1.04 bits per heavy atom. The Labute approximate surface area is 328 Å². The summed E-state index contributed by atoms with van der Waals surface area (Å²) in [5.74, 6) is 0. The molecule has 9 aromatic rings. The van der Waals surface area contributed by atoms with Crippen molar-refractivity contribution in [3.8, 4) is 46.1 Å². The third-order valence-corrected chi connectivity index (χ3v) is 11.7. The van der Waals surface area contributed by atoms with E-state index in [1.165, 1.54) is 22.3 Å². The SMILES string of the molecule is N#Cc1cc(C#N)c(-c2cc(N3c4ccccc4C4(c5ccccc5-c5ccccc54)c4ccccc43)cc(-n3c4ccccc4c4cnccc43)c2)c(C#N)c1. The smallest absolute Gasteiger partial charge is 0.0999 e. The molecule has 0 fully saturated rings. The number of aromatic nitrogens is 2. The van der Waals surface area contributed by atoms with E-state index in [9.17, 15) is 15.8 Å². The highest BCUT2D eigenvalue weighted by molar-refractivity contribution is 6.09. The van der Waals surface area contributed by atoms with E-state index in [0.717, 1.165) is 55.7 Å². The minimum absolute atomic E-state index is 0.262. The second-order valence-electron chi connectivity index (χ2n) is 14.5. The van der Waals surface area contributed by atoms with E-state index in [1.54, 1.807) is 18.3 Å². The van der Waals surface area contributed by atoms with Gasteiger partial charge in [0.25, 0.3) is 0 Å². The summed E-state index contributed by atoms with van der Waals surface area (Å²) in [6.45, 7) is 0. The van der Waals surface area contributed by atoms with Crippen LogP contribution in [0.1, 0.15) is 38.9 Å². The molecule has 0 unspecified atom stereocenters. The molecule has 0 atom stereocenters. The van der Waals surface area contributed by atoms with Crippen LogP contribution in [0.4, 0.5) is 17.1 Å². The molecule has 262 valence electrons. The third-order valence-electron chi connectivity index (χ3n) is 11.7. The molecule has 0 amide bonds. The van der Waals surface area contributed by atoms with Crippen LogP contribution in [0.2, 0.25) is 0 Å². The summed E-state index contributed by atoms with van der Waals surface area (Å²) >= 11 is 0. The summed E-state index contributed by atoms with van der Waals surface area (Å²) in [7, 11) is 0. The number of fused-ring (bicyclic) bond motifs is 12. The van der Waals surface area contributed by atoms with Crippen molar-refractivity contribution in [2.24, 2.45) is 0 Å². The van der Waals surface area contributed by atoms with Crippen LogP contribution in [-0.2, 0) is 5.41 Å². The Morgan fingerprint density at radius 3 is 1.67 bits per heavy atom. The third kappa shape index (κ3) is 4.34. The number of para-hydroxylation sites is 3. The molecular formula is C51H28N6. The van der Waals surface area contributed by atoms with Gasteiger partial charge in [0, 0.05) is 40.1 Å². The molecule has 6 nitrogen and oxygen atoms in total. The minimum Gasteiger partial charge on any atom is -0.310 e. The lowest BCUT2D eigenvalue weighted by Crippen LogP contribution is -2.36. The molecule has 0 bridgehead atoms. The zero-order chi connectivity index (χ0) is 38.3. The lowest BCUT2D eigenvalue weighted by Gasteiger charge is -2.45. The maximum atomic E-state index is 10.5. The van der Waals surface area contributed by atoms with Crippen molar-refractivity contribution in [3.05, 3.63) is 209 Å². The molecule has 2 aromatic heterocycles. The first-order chi connectivity index (χ1) is 28.1. The fourth-order valence-electron chi connectivity index (χ4n) is 9.63. The van der Waals surface area contributed by atoms with Crippen molar-refractivity contribution >= 4 is 38.9 Å². The lowest BCUT2D eigenvalue weighted by molar-refractivity contribution is 0.752. The summed E-state index contributed by atoms with van der Waals surface area (Å²) in [6, 6.07) is 61.3. The molecular weight excluding hydrogens is 697 g/mol. The van der Waals surface area contributed by atoms with E-state index >= 15 is 0 Å². The van der Waals surface area contributed by atoms with E-state index in [2.05, 4.69) is 154 Å². The highest BCUT2D eigenvalue weighted by atomic mass is 15.2. The van der Waals surface area contributed by atoms with Crippen LogP contribution >= 0.6 is 0 Å². The highest BCUT2D eigenvalue weighted by Gasteiger charge is 2.51. The number of pyridine rings is 1. The van der Waals surface area contributed by atoms with Gasteiger partial charge < -0.3 is 9.47 Å². The summed E-state index contributed by atoms with van der Waals surface area (Å²) < 4.78 is 2.23. The summed E-state index contributed by atoms with van der Waals surface area (Å²) in [4.78, 5) is 6.81. The fraction of sp³-hybridized carbons (Fsp3) is 0.0196. The number of rotatable bonds is 3. The molecule has 0 saturated heterocycles. The number of hydrogen-bond donors (Lipinski definition) is 0. The standard InChI is InChI=1S/C51H28N6/c52-28-32-23-34(29-53)50(35(24-32)30-54)33-25-36(56-46-18-8-3-13-40(46)41-31-55-22-21-47(41)56)27-37(26-33)57-48-19-9-6-16-44(48)51(45-17-7-10-20-49(45)57)42-14-4-1-11-38(42)39-12-2-5-15-43(39)51/h1-27,31H. The van der Waals surface area contributed by atoms with Gasteiger partial charge in [-0.05, 0) is 93.5 Å². The van der Waals surface area contributed by atoms with Gasteiger partial charge in [-0.1, -0.05) is 103 Å². The van der Waals surface area contributed by atoms with Crippen LogP contribution in [-0.4, -0.2) is 9.55 Å². The van der Waals surface area contributed by atoms with Gasteiger partial charge in [0.15, 0.2) is 0 Å². The normalized spacial score (nSPS) is 13.0. The summed E-state index contributed by atoms with van der Waals surface area (Å²) in [5, 5.41) is 33.0. The Bertz CT molecular complexity index is 3130. The molecule has 1 aliphatic carbocycles. The van der Waals surface area contributed by atoms with Crippen LogP contribution < -0.4 is 4.90 Å². The zero-order valence-electron chi connectivity index (χ0n) is 30.3. The Morgan fingerprint density at radius 1 is 0.491 bits per heavy atom. The van der Waals surface area contributed by atoms with Gasteiger partial charge in [0.1, 0.15) is 0 Å². The average Bonchev–Trinajstić information content (AvgIpc) is 3.77. The predicted octanol–water partition coefficient (Wildman–Crippen LogP) is 11.6. The van der Waals surface area contributed by atoms with Crippen molar-refractivity contribution in [2.75, 3.05) is 4.90 Å². The van der Waals surface area contributed by atoms with Gasteiger partial charge in [-0.25, -0.2) is 0 Å². The van der Waals surface area contributed by atoms with Crippen LogP contribution in [0.25, 0.3) is 49.7 Å². The van der Waals surface area contributed by atoms with Crippen LogP contribution in [0.5, 0.6) is 0 Å². The van der Waals surface area contributed by atoms with E-state index in [4.69, 9.17) is 0 Å². The van der Waals surface area contributed by atoms with Gasteiger partial charge in [-0.3, -0.25) is 4.98 Å². The van der Waals surface area contributed by atoms with Crippen LogP contribution in [0.15, 0.2) is 170 Å². The van der Waals surface area contributed by atoms with E-state index in [1.807, 2.05) is 30.5 Å². The number of anilines is 3. The first kappa shape index (κ1) is 32.2. The quantitative estimate of drug-likeness (QED) is 0.181. The van der Waals surface area contributed by atoms with Crippen molar-refractivity contribution in [1.82, 2.24) is 9.55 Å². The number of nitrogens with zero attached hydrogens (tertiary/aromatic N) is 6. The first-order valence-corrected chi connectivity index (χ1v) is 18.7. The zero-order valence-corrected chi connectivity index (χ0v) is 30.3. The van der Waals surface area contributed by atoms with Gasteiger partial charge in [0.05, 0.1) is 62.7 Å². The molecule has 0 radical (unpaired) electrons. The molecule has 57 heavy (non-hydrogen) atoms. The minimum atomic E-state index is -0.577. The van der Waals surface area contributed by atoms with Crippen molar-refractivity contribution < 1.29 is 0 Å².